The molecule has 0 spiro atoms. The van der Waals surface area contributed by atoms with Crippen molar-refractivity contribution in [3.63, 3.8) is 0 Å². The van der Waals surface area contributed by atoms with Gasteiger partial charge in [-0.25, -0.2) is 13.4 Å². The first-order valence-electron chi connectivity index (χ1n) is 6.11. The van der Waals surface area contributed by atoms with Gasteiger partial charge in [0, 0.05) is 31.2 Å². The predicted octanol–water partition coefficient (Wildman–Crippen LogP) is 0.278. The van der Waals surface area contributed by atoms with Gasteiger partial charge in [0.05, 0.1) is 23.5 Å². The topological polar surface area (TPSA) is 64.0 Å². The van der Waals surface area contributed by atoms with E-state index in [9.17, 15) is 8.42 Å². The summed E-state index contributed by atoms with van der Waals surface area (Å²) < 4.78 is 25.5. The van der Waals surface area contributed by atoms with Crippen LogP contribution in [0.1, 0.15) is 30.3 Å². The zero-order chi connectivity index (χ0) is 11.9. The normalized spacial score (nSPS) is 27.6. The fraction of sp³-hybridized carbons (Fsp3) is 0.727. The second-order valence-corrected chi connectivity index (χ2v) is 7.11. The van der Waals surface area contributed by atoms with Gasteiger partial charge in [0.15, 0.2) is 9.84 Å². The van der Waals surface area contributed by atoms with Gasteiger partial charge in [-0.1, -0.05) is 0 Å². The Bertz CT molecular complexity index is 521. The van der Waals surface area contributed by atoms with Crippen LogP contribution >= 0.6 is 0 Å². The Morgan fingerprint density at radius 3 is 3.18 bits per heavy atom. The smallest absolute Gasteiger partial charge is 0.152 e. The van der Waals surface area contributed by atoms with E-state index in [1.165, 1.54) is 5.69 Å². The third-order valence-corrected chi connectivity index (χ3v) is 5.45. The van der Waals surface area contributed by atoms with Crippen molar-refractivity contribution in [2.45, 2.75) is 31.8 Å². The molecule has 1 saturated heterocycles. The minimum absolute atomic E-state index is 0.100. The highest BCUT2D eigenvalue weighted by molar-refractivity contribution is 7.91. The van der Waals surface area contributed by atoms with Gasteiger partial charge in [-0.05, 0) is 12.8 Å². The van der Waals surface area contributed by atoms with Crippen molar-refractivity contribution in [2.24, 2.45) is 0 Å². The maximum atomic E-state index is 11.7. The van der Waals surface area contributed by atoms with Crippen molar-refractivity contribution >= 4 is 9.84 Å². The molecular formula is C11H17N3O2S. The zero-order valence-corrected chi connectivity index (χ0v) is 10.5. The molecule has 2 aliphatic heterocycles. The number of imidazole rings is 1. The third kappa shape index (κ3) is 2.11. The largest absolute Gasteiger partial charge is 0.330 e. The molecule has 1 fully saturated rings. The molecule has 0 amide bonds. The Morgan fingerprint density at radius 2 is 2.35 bits per heavy atom. The molecule has 94 valence electrons. The lowest BCUT2D eigenvalue weighted by molar-refractivity contribution is 0.452. The van der Waals surface area contributed by atoms with Gasteiger partial charge in [-0.2, -0.15) is 0 Å². The molecule has 1 atom stereocenters. The summed E-state index contributed by atoms with van der Waals surface area (Å²) in [4.78, 5) is 4.39. The summed E-state index contributed by atoms with van der Waals surface area (Å²) >= 11 is 0. The van der Waals surface area contributed by atoms with Gasteiger partial charge >= 0.3 is 0 Å². The summed E-state index contributed by atoms with van der Waals surface area (Å²) in [6.07, 6.45) is 4.50. The highest BCUT2D eigenvalue weighted by Gasteiger charge is 2.28. The molecule has 1 aromatic heterocycles. The van der Waals surface area contributed by atoms with Crippen LogP contribution in [0.5, 0.6) is 0 Å². The monoisotopic (exact) mass is 255 g/mol. The molecule has 3 rings (SSSR count). The van der Waals surface area contributed by atoms with E-state index in [1.54, 1.807) is 0 Å². The first-order valence-corrected chi connectivity index (χ1v) is 7.93. The van der Waals surface area contributed by atoms with Gasteiger partial charge in [0.1, 0.15) is 0 Å². The zero-order valence-electron chi connectivity index (χ0n) is 9.72. The number of nitrogens with one attached hydrogen (secondary N) is 1. The molecule has 3 heterocycles. The van der Waals surface area contributed by atoms with E-state index < -0.39 is 9.84 Å². The van der Waals surface area contributed by atoms with Crippen LogP contribution in [0.4, 0.5) is 0 Å². The maximum Gasteiger partial charge on any atom is 0.152 e. The number of nitrogens with zero attached hydrogens (tertiary/aromatic N) is 2. The summed E-state index contributed by atoms with van der Waals surface area (Å²) in [5.74, 6) is 0.630. The summed E-state index contributed by atoms with van der Waals surface area (Å²) in [5.41, 5.74) is 2.31. The minimum Gasteiger partial charge on any atom is -0.330 e. The van der Waals surface area contributed by atoms with E-state index >= 15 is 0 Å². The molecule has 0 bridgehead atoms. The van der Waals surface area contributed by atoms with Crippen LogP contribution in [0.15, 0.2) is 6.33 Å². The van der Waals surface area contributed by atoms with Gasteiger partial charge in [-0.3, -0.25) is 0 Å². The molecule has 2 aliphatic rings. The van der Waals surface area contributed by atoms with E-state index in [4.69, 9.17) is 0 Å². The van der Waals surface area contributed by atoms with Crippen molar-refractivity contribution in [2.75, 3.05) is 18.1 Å². The second kappa shape index (κ2) is 4.10. The Hall–Kier alpha value is -0.880. The summed E-state index contributed by atoms with van der Waals surface area (Å²) in [6, 6.07) is 0.100. The van der Waals surface area contributed by atoms with Crippen LogP contribution in [0.2, 0.25) is 0 Å². The Morgan fingerprint density at radius 1 is 1.47 bits per heavy atom. The number of rotatable bonds is 1. The lowest BCUT2D eigenvalue weighted by Gasteiger charge is -2.26. The fourth-order valence-corrected chi connectivity index (χ4v) is 4.48. The van der Waals surface area contributed by atoms with Gasteiger partial charge < -0.3 is 9.88 Å². The average molecular weight is 255 g/mol. The maximum absolute atomic E-state index is 11.7. The highest BCUT2D eigenvalue weighted by atomic mass is 32.2. The van der Waals surface area contributed by atoms with Gasteiger partial charge in [0.2, 0.25) is 0 Å². The average Bonchev–Trinajstić information content (AvgIpc) is 2.71. The van der Waals surface area contributed by atoms with Gasteiger partial charge in [-0.15, -0.1) is 0 Å². The van der Waals surface area contributed by atoms with Crippen LogP contribution < -0.4 is 5.32 Å². The van der Waals surface area contributed by atoms with Crippen molar-refractivity contribution < 1.29 is 8.42 Å². The van der Waals surface area contributed by atoms with Crippen molar-refractivity contribution in [1.82, 2.24) is 14.9 Å². The molecule has 5 nitrogen and oxygen atoms in total. The number of hydrogen-bond acceptors (Lipinski definition) is 4. The molecule has 0 saturated carbocycles. The molecule has 1 unspecified atom stereocenters. The summed E-state index contributed by atoms with van der Waals surface area (Å²) in [5, 5.41) is 3.28. The van der Waals surface area contributed by atoms with Crippen molar-refractivity contribution in [3.05, 3.63) is 17.7 Å². The van der Waals surface area contributed by atoms with Gasteiger partial charge in [0.25, 0.3) is 0 Å². The molecule has 0 radical (unpaired) electrons. The first-order chi connectivity index (χ1) is 8.16. The number of hydrogen-bond donors (Lipinski definition) is 1. The van der Waals surface area contributed by atoms with Crippen LogP contribution in [0.25, 0.3) is 0 Å². The molecule has 0 aromatic carbocycles. The fourth-order valence-electron chi connectivity index (χ4n) is 2.79. The Labute approximate surface area is 101 Å². The summed E-state index contributed by atoms with van der Waals surface area (Å²) in [7, 11) is -2.85. The van der Waals surface area contributed by atoms with E-state index in [2.05, 4.69) is 14.9 Å². The highest BCUT2D eigenvalue weighted by Crippen LogP contribution is 2.26. The SMILES string of the molecule is O=S1(=O)CCCC(n2cnc3c2CCNC3)C1. The molecular weight excluding hydrogens is 238 g/mol. The number of aromatic nitrogens is 2. The van der Waals surface area contributed by atoms with Crippen LogP contribution in [-0.2, 0) is 22.8 Å². The molecule has 0 aliphatic carbocycles. The Kier molecular flexibility index (Phi) is 2.71. The van der Waals surface area contributed by atoms with E-state index in [-0.39, 0.29) is 11.8 Å². The standard InChI is InChI=1S/C11H17N3O2S/c15-17(16)5-1-2-9(7-17)14-8-13-10-6-12-4-3-11(10)14/h8-9,12H,1-7H2. The van der Waals surface area contributed by atoms with Crippen molar-refractivity contribution in [1.29, 1.82) is 0 Å². The summed E-state index contributed by atoms with van der Waals surface area (Å²) in [6.45, 7) is 1.76. The molecule has 1 aromatic rings. The molecule has 17 heavy (non-hydrogen) atoms. The Balaban J connectivity index is 1.91. The number of sulfone groups is 1. The lowest BCUT2D eigenvalue weighted by atomic mass is 10.1. The van der Waals surface area contributed by atoms with Crippen molar-refractivity contribution in [3.8, 4) is 0 Å². The third-order valence-electron chi connectivity index (χ3n) is 3.65. The van der Waals surface area contributed by atoms with Crippen LogP contribution in [0.3, 0.4) is 0 Å². The molecule has 6 heteroatoms. The predicted molar refractivity (Wildman–Crippen MR) is 64.6 cm³/mol. The quantitative estimate of drug-likeness (QED) is 0.783. The number of fused-ring (bicyclic) bond motifs is 1. The van der Waals surface area contributed by atoms with Crippen LogP contribution in [-0.4, -0.2) is 36.0 Å². The van der Waals surface area contributed by atoms with Crippen LogP contribution in [0, 0.1) is 0 Å². The second-order valence-electron chi connectivity index (χ2n) is 4.88. The molecule has 1 N–H and O–H groups in total. The van der Waals surface area contributed by atoms with E-state index in [1.807, 2.05) is 6.33 Å². The lowest BCUT2D eigenvalue weighted by Crippen LogP contribution is -2.30. The first kappa shape index (κ1) is 11.2. The minimum atomic E-state index is -2.85. The van der Waals surface area contributed by atoms with E-state index in [0.29, 0.717) is 5.75 Å². The van der Waals surface area contributed by atoms with E-state index in [0.717, 1.165) is 38.0 Å².